The molecule has 0 nitrogen and oxygen atoms in total. The fraction of sp³-hybridized carbons (Fsp3) is 0.111. The minimum Gasteiger partial charge on any atom is -0.142 e. The average Bonchev–Trinajstić information content (AvgIpc) is 2.46. The lowest BCUT2D eigenvalue weighted by molar-refractivity contribution is 1.41. The molecule has 68 valence electrons. The summed E-state index contributed by atoms with van der Waals surface area (Å²) in [5, 5.41) is 2.19. The van der Waals surface area contributed by atoms with Gasteiger partial charge < -0.3 is 0 Å². The van der Waals surface area contributed by atoms with Crippen molar-refractivity contribution in [3.8, 4) is 0 Å². The van der Waals surface area contributed by atoms with Crippen LogP contribution in [0.2, 0.25) is 0 Å². The fourth-order valence-corrected chi connectivity index (χ4v) is 3.77. The van der Waals surface area contributed by atoms with Crippen molar-refractivity contribution in [2.45, 2.75) is 10.2 Å². The molecule has 0 N–H and O–H groups in total. The standard InChI is InChI=1S/C9H6BrIS2/c10-4-5-1-6-3-8(11)13-9(6)7(12)2-5/h1-3,12H,4H2. The van der Waals surface area contributed by atoms with Gasteiger partial charge in [-0.3, -0.25) is 0 Å². The molecule has 0 unspecified atom stereocenters. The third kappa shape index (κ3) is 2.06. The summed E-state index contributed by atoms with van der Waals surface area (Å²) in [6, 6.07) is 6.53. The predicted octanol–water partition coefficient (Wildman–Crippen LogP) is 4.69. The molecule has 0 atom stereocenters. The van der Waals surface area contributed by atoms with Gasteiger partial charge in [0.25, 0.3) is 0 Å². The largest absolute Gasteiger partial charge is 0.142 e. The molecule has 0 saturated carbocycles. The summed E-state index contributed by atoms with van der Waals surface area (Å²) in [4.78, 5) is 1.08. The smallest absolute Gasteiger partial charge is 0.0666 e. The molecule has 2 aromatic rings. The van der Waals surface area contributed by atoms with Crippen LogP contribution < -0.4 is 0 Å². The van der Waals surface area contributed by atoms with Crippen LogP contribution in [-0.4, -0.2) is 0 Å². The summed E-state index contributed by atoms with van der Waals surface area (Å²) in [7, 11) is 0. The van der Waals surface area contributed by atoms with Gasteiger partial charge in [0.2, 0.25) is 0 Å². The van der Waals surface area contributed by atoms with E-state index in [1.54, 1.807) is 11.3 Å². The van der Waals surface area contributed by atoms with Gasteiger partial charge in [-0.1, -0.05) is 15.9 Å². The highest BCUT2D eigenvalue weighted by atomic mass is 127. The van der Waals surface area contributed by atoms with Gasteiger partial charge in [0.05, 0.1) is 2.88 Å². The SMILES string of the molecule is Sc1cc(CBr)cc2cc(I)sc12. The van der Waals surface area contributed by atoms with Crippen molar-refractivity contribution in [1.82, 2.24) is 0 Å². The predicted molar refractivity (Wildman–Crippen MR) is 74.4 cm³/mol. The Balaban J connectivity index is 2.75. The number of thiophene rings is 1. The van der Waals surface area contributed by atoms with Gasteiger partial charge in [-0.2, -0.15) is 0 Å². The van der Waals surface area contributed by atoms with Crippen LogP contribution in [0.3, 0.4) is 0 Å². The number of thiol groups is 1. The molecule has 0 radical (unpaired) electrons. The third-order valence-electron chi connectivity index (χ3n) is 1.78. The average molecular weight is 385 g/mol. The molecule has 0 saturated heterocycles. The first-order valence-electron chi connectivity index (χ1n) is 3.67. The van der Waals surface area contributed by atoms with Gasteiger partial charge in [-0.05, 0) is 51.7 Å². The van der Waals surface area contributed by atoms with E-state index in [-0.39, 0.29) is 0 Å². The molecule has 4 heteroatoms. The van der Waals surface area contributed by atoms with E-state index in [9.17, 15) is 0 Å². The maximum Gasteiger partial charge on any atom is 0.0666 e. The number of benzene rings is 1. The number of alkyl halides is 1. The van der Waals surface area contributed by atoms with Crippen LogP contribution >= 0.6 is 62.5 Å². The van der Waals surface area contributed by atoms with Crippen LogP contribution in [0, 0.1) is 2.88 Å². The molecule has 1 heterocycles. The lowest BCUT2D eigenvalue weighted by atomic mass is 10.2. The fourth-order valence-electron chi connectivity index (χ4n) is 1.24. The van der Waals surface area contributed by atoms with Gasteiger partial charge in [0, 0.05) is 14.9 Å². The normalized spacial score (nSPS) is 11.0. The van der Waals surface area contributed by atoms with Crippen LogP contribution in [0.25, 0.3) is 10.1 Å². The van der Waals surface area contributed by atoms with E-state index in [1.165, 1.54) is 18.5 Å². The second kappa shape index (κ2) is 4.08. The molecule has 2 rings (SSSR count). The van der Waals surface area contributed by atoms with Crippen molar-refractivity contribution < 1.29 is 0 Å². The topological polar surface area (TPSA) is 0 Å². The Labute approximate surface area is 108 Å². The maximum atomic E-state index is 4.47. The molecule has 13 heavy (non-hydrogen) atoms. The third-order valence-corrected chi connectivity index (χ3v) is 4.88. The van der Waals surface area contributed by atoms with Crippen molar-refractivity contribution in [2.24, 2.45) is 0 Å². The second-order valence-corrected chi connectivity index (χ2v) is 6.71. The Hall–Kier alpha value is 0.740. The highest BCUT2D eigenvalue weighted by Gasteiger charge is 2.04. The number of hydrogen-bond donors (Lipinski definition) is 1. The van der Waals surface area contributed by atoms with Crippen molar-refractivity contribution in [3.63, 3.8) is 0 Å². The van der Waals surface area contributed by atoms with E-state index in [1.807, 2.05) is 0 Å². The Kier molecular flexibility index (Phi) is 3.22. The first-order valence-corrected chi connectivity index (χ1v) is 7.14. The van der Waals surface area contributed by atoms with Crippen molar-refractivity contribution in [2.75, 3.05) is 0 Å². The minimum atomic E-state index is 0.892. The lowest BCUT2D eigenvalue weighted by Gasteiger charge is -1.98. The van der Waals surface area contributed by atoms with Crippen molar-refractivity contribution in [1.29, 1.82) is 0 Å². The van der Waals surface area contributed by atoms with Crippen LogP contribution in [0.4, 0.5) is 0 Å². The molecule has 1 aromatic carbocycles. The minimum absolute atomic E-state index is 0.892. The quantitative estimate of drug-likeness (QED) is 0.411. The van der Waals surface area contributed by atoms with Gasteiger partial charge in [-0.15, -0.1) is 24.0 Å². The Bertz CT molecular complexity index is 450. The van der Waals surface area contributed by atoms with E-state index in [0.29, 0.717) is 0 Å². The first kappa shape index (κ1) is 10.3. The molecule has 0 aliphatic carbocycles. The summed E-state index contributed by atoms with van der Waals surface area (Å²) in [6.45, 7) is 0. The summed E-state index contributed by atoms with van der Waals surface area (Å²) in [6.07, 6.45) is 0. The molecule has 0 aliphatic heterocycles. The molecular weight excluding hydrogens is 379 g/mol. The highest BCUT2D eigenvalue weighted by molar-refractivity contribution is 14.1. The zero-order valence-corrected chi connectivity index (χ0v) is 12.0. The number of halogens is 2. The van der Waals surface area contributed by atoms with Crippen LogP contribution in [-0.2, 0) is 5.33 Å². The first-order chi connectivity index (χ1) is 6.20. The number of rotatable bonds is 1. The van der Waals surface area contributed by atoms with Gasteiger partial charge in [0.1, 0.15) is 0 Å². The molecule has 0 spiro atoms. The van der Waals surface area contributed by atoms with E-state index < -0.39 is 0 Å². The summed E-state index contributed by atoms with van der Waals surface area (Å²) in [5.41, 5.74) is 1.28. The van der Waals surface area contributed by atoms with Crippen molar-refractivity contribution in [3.05, 3.63) is 26.6 Å². The van der Waals surface area contributed by atoms with E-state index in [0.717, 1.165) is 10.2 Å². The maximum absolute atomic E-state index is 4.47. The Morgan fingerprint density at radius 1 is 1.38 bits per heavy atom. The van der Waals surface area contributed by atoms with E-state index in [2.05, 4.69) is 69.3 Å². The Morgan fingerprint density at radius 2 is 2.15 bits per heavy atom. The van der Waals surface area contributed by atoms with Gasteiger partial charge >= 0.3 is 0 Å². The zero-order valence-electron chi connectivity index (χ0n) is 6.55. The summed E-state index contributed by atoms with van der Waals surface area (Å²) in [5.74, 6) is 0. The lowest BCUT2D eigenvalue weighted by Crippen LogP contribution is -1.76. The van der Waals surface area contributed by atoms with E-state index in [4.69, 9.17) is 0 Å². The van der Waals surface area contributed by atoms with Gasteiger partial charge in [-0.25, -0.2) is 0 Å². The Morgan fingerprint density at radius 3 is 2.85 bits per heavy atom. The molecule has 0 bridgehead atoms. The summed E-state index contributed by atoms with van der Waals surface area (Å²) < 4.78 is 2.60. The van der Waals surface area contributed by atoms with Crippen LogP contribution in [0.15, 0.2) is 23.1 Å². The monoisotopic (exact) mass is 384 g/mol. The molecular formula is C9H6BrIS2. The number of fused-ring (bicyclic) bond motifs is 1. The van der Waals surface area contributed by atoms with Gasteiger partial charge in [0.15, 0.2) is 0 Å². The van der Waals surface area contributed by atoms with Crippen molar-refractivity contribution >= 4 is 72.6 Å². The molecule has 0 amide bonds. The highest BCUT2D eigenvalue weighted by Crippen LogP contribution is 2.33. The second-order valence-electron chi connectivity index (χ2n) is 2.72. The molecule has 1 aromatic heterocycles. The summed E-state index contributed by atoms with van der Waals surface area (Å²) >= 11 is 12.1. The van der Waals surface area contributed by atoms with Crippen LogP contribution in [0.5, 0.6) is 0 Å². The van der Waals surface area contributed by atoms with E-state index >= 15 is 0 Å². The van der Waals surface area contributed by atoms with Crippen LogP contribution in [0.1, 0.15) is 5.56 Å². The molecule has 0 fully saturated rings. The molecule has 0 aliphatic rings. The number of hydrogen-bond acceptors (Lipinski definition) is 2. The zero-order chi connectivity index (χ0) is 9.42.